The van der Waals surface area contributed by atoms with E-state index in [2.05, 4.69) is 16.5 Å². The molecule has 0 aliphatic carbocycles. The van der Waals surface area contributed by atoms with Gasteiger partial charge in [-0.25, -0.2) is 8.42 Å². The van der Waals surface area contributed by atoms with E-state index in [0.717, 1.165) is 31.8 Å². The lowest BCUT2D eigenvalue weighted by molar-refractivity contribution is -0.0281. The lowest BCUT2D eigenvalue weighted by Crippen LogP contribution is -2.38. The maximum Gasteiger partial charge on any atom is 0.261 e. The van der Waals surface area contributed by atoms with E-state index in [1.54, 1.807) is 42.5 Å². The first-order valence-corrected chi connectivity index (χ1v) is 9.58. The summed E-state index contributed by atoms with van der Waals surface area (Å²) >= 11 is 0. The monoisotopic (exact) mass is 346 g/mol. The fourth-order valence-corrected chi connectivity index (χ4v) is 3.85. The first-order chi connectivity index (χ1) is 11.6. The Morgan fingerprint density at radius 1 is 1.12 bits per heavy atom. The van der Waals surface area contributed by atoms with Crippen molar-refractivity contribution in [1.29, 1.82) is 0 Å². The van der Waals surface area contributed by atoms with Crippen molar-refractivity contribution in [3.63, 3.8) is 0 Å². The smallest absolute Gasteiger partial charge is 0.261 e. The minimum Gasteiger partial charge on any atom is -0.371 e. The zero-order chi connectivity index (χ0) is 17.0. The molecule has 0 bridgehead atoms. The van der Waals surface area contributed by atoms with Gasteiger partial charge in [-0.1, -0.05) is 37.3 Å². The fourth-order valence-electron chi connectivity index (χ4n) is 2.77. The molecule has 0 saturated carbocycles. The average molecular weight is 346 g/mol. The largest absolute Gasteiger partial charge is 0.371 e. The maximum absolute atomic E-state index is 12.3. The van der Waals surface area contributed by atoms with Crippen LogP contribution in [0.4, 0.5) is 5.69 Å². The van der Waals surface area contributed by atoms with Crippen molar-refractivity contribution in [1.82, 2.24) is 4.90 Å². The summed E-state index contributed by atoms with van der Waals surface area (Å²) in [5, 5.41) is 0. The molecular formula is C18H22N2O3S. The van der Waals surface area contributed by atoms with Gasteiger partial charge >= 0.3 is 0 Å². The number of morpholine rings is 1. The van der Waals surface area contributed by atoms with E-state index in [1.165, 1.54) is 0 Å². The van der Waals surface area contributed by atoms with E-state index in [-0.39, 0.29) is 11.0 Å². The summed E-state index contributed by atoms with van der Waals surface area (Å²) in [7, 11) is -3.55. The molecule has 0 radical (unpaired) electrons. The van der Waals surface area contributed by atoms with Gasteiger partial charge < -0.3 is 4.74 Å². The van der Waals surface area contributed by atoms with E-state index >= 15 is 0 Å². The molecule has 1 heterocycles. The standard InChI is InChI=1S/C18H22N2O3S/c1-2-20-12-13-23-18(14-20)15-8-10-16(11-9-15)19-24(21,22)17-6-4-3-5-7-17/h3-11,18-19H,2,12-14H2,1H3. The Morgan fingerprint density at radius 2 is 1.83 bits per heavy atom. The molecule has 0 spiro atoms. The van der Waals surface area contributed by atoms with Crippen molar-refractivity contribution in [2.45, 2.75) is 17.9 Å². The normalized spacial score (nSPS) is 19.1. The molecule has 128 valence electrons. The highest BCUT2D eigenvalue weighted by Gasteiger charge is 2.21. The Kier molecular flexibility index (Phi) is 5.18. The van der Waals surface area contributed by atoms with Gasteiger partial charge in [0.05, 0.1) is 17.6 Å². The summed E-state index contributed by atoms with van der Waals surface area (Å²) in [4.78, 5) is 2.60. The molecule has 1 atom stereocenters. The molecule has 0 amide bonds. The highest BCUT2D eigenvalue weighted by atomic mass is 32.2. The van der Waals surface area contributed by atoms with E-state index < -0.39 is 10.0 Å². The second kappa shape index (κ2) is 7.34. The summed E-state index contributed by atoms with van der Waals surface area (Å²) in [6.07, 6.45) is 0.0403. The van der Waals surface area contributed by atoms with Crippen LogP contribution in [0.3, 0.4) is 0 Å². The maximum atomic E-state index is 12.3. The molecule has 24 heavy (non-hydrogen) atoms. The molecule has 0 aromatic heterocycles. The fraction of sp³-hybridized carbons (Fsp3) is 0.333. The van der Waals surface area contributed by atoms with Gasteiger partial charge in [0.2, 0.25) is 0 Å². The van der Waals surface area contributed by atoms with Crippen molar-refractivity contribution in [2.75, 3.05) is 31.0 Å². The highest BCUT2D eigenvalue weighted by Crippen LogP contribution is 2.24. The van der Waals surface area contributed by atoms with E-state index in [9.17, 15) is 8.42 Å². The van der Waals surface area contributed by atoms with Gasteiger partial charge in [0, 0.05) is 18.8 Å². The Hall–Kier alpha value is -1.89. The van der Waals surface area contributed by atoms with Crippen LogP contribution in [0.2, 0.25) is 0 Å². The SMILES string of the molecule is CCN1CCOC(c2ccc(NS(=O)(=O)c3ccccc3)cc2)C1. The number of sulfonamides is 1. The number of hydrogen-bond acceptors (Lipinski definition) is 4. The van der Waals surface area contributed by atoms with Crippen molar-refractivity contribution >= 4 is 15.7 Å². The molecule has 1 unspecified atom stereocenters. The van der Waals surface area contributed by atoms with Gasteiger partial charge in [-0.3, -0.25) is 9.62 Å². The van der Waals surface area contributed by atoms with Gasteiger partial charge in [-0.05, 0) is 36.4 Å². The molecule has 1 fully saturated rings. The lowest BCUT2D eigenvalue weighted by atomic mass is 10.1. The topological polar surface area (TPSA) is 58.6 Å². The molecule has 3 rings (SSSR count). The summed E-state index contributed by atoms with van der Waals surface area (Å²) < 4.78 is 33.1. The minimum atomic E-state index is -3.55. The Morgan fingerprint density at radius 3 is 2.50 bits per heavy atom. The Bertz CT molecular complexity index is 761. The summed E-state index contributed by atoms with van der Waals surface area (Å²) in [6, 6.07) is 15.8. The molecule has 1 aliphatic rings. The Labute approximate surface area is 143 Å². The number of rotatable bonds is 5. The number of ether oxygens (including phenoxy) is 1. The lowest BCUT2D eigenvalue weighted by Gasteiger charge is -2.32. The molecule has 1 saturated heterocycles. The van der Waals surface area contributed by atoms with Crippen LogP contribution in [0.15, 0.2) is 59.5 Å². The number of hydrogen-bond donors (Lipinski definition) is 1. The third-order valence-electron chi connectivity index (χ3n) is 4.19. The van der Waals surface area contributed by atoms with Gasteiger partial charge in [0.1, 0.15) is 0 Å². The Balaban J connectivity index is 1.71. The first kappa shape index (κ1) is 17.0. The van der Waals surface area contributed by atoms with Crippen LogP contribution in [0.25, 0.3) is 0 Å². The quantitative estimate of drug-likeness (QED) is 0.904. The third kappa shape index (κ3) is 3.95. The van der Waals surface area contributed by atoms with E-state index in [0.29, 0.717) is 5.69 Å². The molecule has 1 N–H and O–H groups in total. The van der Waals surface area contributed by atoms with Crippen LogP contribution >= 0.6 is 0 Å². The van der Waals surface area contributed by atoms with Gasteiger partial charge in [0.25, 0.3) is 10.0 Å². The zero-order valence-electron chi connectivity index (χ0n) is 13.7. The van der Waals surface area contributed by atoms with Crippen molar-refractivity contribution in [3.05, 3.63) is 60.2 Å². The van der Waals surface area contributed by atoms with Crippen LogP contribution in [0, 0.1) is 0 Å². The highest BCUT2D eigenvalue weighted by molar-refractivity contribution is 7.92. The molecule has 6 heteroatoms. The van der Waals surface area contributed by atoms with Gasteiger partial charge in [0.15, 0.2) is 0 Å². The predicted molar refractivity (Wildman–Crippen MR) is 94.5 cm³/mol. The summed E-state index contributed by atoms with van der Waals surface area (Å²) in [6.45, 7) is 5.70. The van der Waals surface area contributed by atoms with Crippen molar-refractivity contribution < 1.29 is 13.2 Å². The summed E-state index contributed by atoms with van der Waals surface area (Å²) in [5.74, 6) is 0. The molecule has 5 nitrogen and oxygen atoms in total. The minimum absolute atomic E-state index is 0.0403. The number of anilines is 1. The number of nitrogens with zero attached hydrogens (tertiary/aromatic N) is 1. The number of likely N-dealkylation sites (N-methyl/N-ethyl adjacent to an activating group) is 1. The molecular weight excluding hydrogens is 324 g/mol. The van der Waals surface area contributed by atoms with Gasteiger partial charge in [-0.2, -0.15) is 0 Å². The van der Waals surface area contributed by atoms with Crippen LogP contribution in [0.5, 0.6) is 0 Å². The van der Waals surface area contributed by atoms with Crippen LogP contribution in [-0.2, 0) is 14.8 Å². The van der Waals surface area contributed by atoms with Crippen molar-refractivity contribution in [3.8, 4) is 0 Å². The second-order valence-electron chi connectivity index (χ2n) is 5.79. The van der Waals surface area contributed by atoms with E-state index in [1.807, 2.05) is 12.1 Å². The van der Waals surface area contributed by atoms with Crippen LogP contribution in [-0.4, -0.2) is 39.6 Å². The summed E-state index contributed by atoms with van der Waals surface area (Å²) in [5.41, 5.74) is 1.61. The van der Waals surface area contributed by atoms with Crippen molar-refractivity contribution in [2.24, 2.45) is 0 Å². The number of benzene rings is 2. The third-order valence-corrected chi connectivity index (χ3v) is 5.58. The predicted octanol–water partition coefficient (Wildman–Crippen LogP) is 2.88. The molecule has 1 aliphatic heterocycles. The first-order valence-electron chi connectivity index (χ1n) is 8.10. The second-order valence-corrected chi connectivity index (χ2v) is 7.48. The van der Waals surface area contributed by atoms with E-state index in [4.69, 9.17) is 4.74 Å². The number of nitrogens with one attached hydrogen (secondary N) is 1. The van der Waals surface area contributed by atoms with Crippen LogP contribution < -0.4 is 4.72 Å². The average Bonchev–Trinajstić information content (AvgIpc) is 2.63. The molecule has 2 aromatic carbocycles. The zero-order valence-corrected chi connectivity index (χ0v) is 14.5. The molecule has 2 aromatic rings. The van der Waals surface area contributed by atoms with Crippen LogP contribution in [0.1, 0.15) is 18.6 Å². The van der Waals surface area contributed by atoms with Gasteiger partial charge in [-0.15, -0.1) is 0 Å².